The van der Waals surface area contributed by atoms with E-state index in [4.69, 9.17) is 0 Å². The average molecular weight is 112 g/mol. The predicted molar refractivity (Wildman–Crippen MR) is 37.6 cm³/mol. The molecule has 0 bridgehead atoms. The van der Waals surface area contributed by atoms with Gasteiger partial charge in [0, 0.05) is 11.9 Å². The van der Waals surface area contributed by atoms with Crippen LogP contribution in [0.5, 0.6) is 0 Å². The molecule has 2 nitrogen and oxygen atoms in total. The Bertz CT molecular complexity index is 99.1. The lowest BCUT2D eigenvalue weighted by Gasteiger charge is -1.79. The van der Waals surface area contributed by atoms with Crippen LogP contribution in [0.25, 0.3) is 0 Å². The molecule has 0 aromatic rings. The third-order valence-electron chi connectivity index (χ3n) is 0.522. The molecule has 0 aliphatic rings. The maximum Gasteiger partial charge on any atom is 0.0344 e. The van der Waals surface area contributed by atoms with Crippen molar-refractivity contribution in [2.75, 3.05) is 0 Å². The quantitative estimate of drug-likeness (QED) is 0.385. The summed E-state index contributed by atoms with van der Waals surface area (Å²) in [5.41, 5.74) is 0.995. The molecule has 0 fully saturated rings. The van der Waals surface area contributed by atoms with Crippen molar-refractivity contribution in [2.24, 2.45) is 10.2 Å². The first-order chi connectivity index (χ1) is 3.77. The molecule has 46 valence electrons. The molecule has 0 rings (SSSR count). The topological polar surface area (TPSA) is 24.7 Å². The second kappa shape index (κ2) is 4.50. The lowest BCUT2D eigenvalue weighted by molar-refractivity contribution is 1.19. The Labute approximate surface area is 50.3 Å². The molecular formula is C6H12N2. The van der Waals surface area contributed by atoms with Crippen LogP contribution in [0.1, 0.15) is 27.2 Å². The first-order valence-electron chi connectivity index (χ1n) is 2.80. The van der Waals surface area contributed by atoms with Crippen LogP contribution >= 0.6 is 0 Å². The van der Waals surface area contributed by atoms with Gasteiger partial charge in [0.15, 0.2) is 0 Å². The van der Waals surface area contributed by atoms with E-state index in [0.717, 1.165) is 12.1 Å². The zero-order valence-corrected chi connectivity index (χ0v) is 5.68. The van der Waals surface area contributed by atoms with Crippen molar-refractivity contribution >= 4 is 11.9 Å². The van der Waals surface area contributed by atoms with Gasteiger partial charge < -0.3 is 0 Å². The Morgan fingerprint density at radius 3 is 2.50 bits per heavy atom. The van der Waals surface area contributed by atoms with E-state index < -0.39 is 0 Å². The molecule has 0 atom stereocenters. The van der Waals surface area contributed by atoms with E-state index in [0.29, 0.717) is 0 Å². The molecule has 0 saturated heterocycles. The third-order valence-corrected chi connectivity index (χ3v) is 0.522. The van der Waals surface area contributed by atoms with Crippen molar-refractivity contribution in [3.63, 3.8) is 0 Å². The lowest BCUT2D eigenvalue weighted by Crippen LogP contribution is -1.76. The number of nitrogens with zero attached hydrogens (tertiary/aromatic N) is 2. The van der Waals surface area contributed by atoms with Gasteiger partial charge in [-0.25, -0.2) is 0 Å². The van der Waals surface area contributed by atoms with Gasteiger partial charge in [-0.2, -0.15) is 10.2 Å². The molecule has 0 unspecified atom stereocenters. The van der Waals surface area contributed by atoms with E-state index in [9.17, 15) is 0 Å². The van der Waals surface area contributed by atoms with E-state index in [-0.39, 0.29) is 0 Å². The Balaban J connectivity index is 3.42. The molecule has 0 radical (unpaired) electrons. The highest BCUT2D eigenvalue weighted by atomic mass is 15.2. The van der Waals surface area contributed by atoms with Gasteiger partial charge in [0.05, 0.1) is 0 Å². The smallest absolute Gasteiger partial charge is 0.0344 e. The normalized spacial score (nSPS) is 9.88. The highest BCUT2D eigenvalue weighted by Gasteiger charge is 1.69. The summed E-state index contributed by atoms with van der Waals surface area (Å²) in [5, 5.41) is 7.55. The first-order valence-corrected chi connectivity index (χ1v) is 2.80. The Morgan fingerprint density at radius 1 is 1.50 bits per heavy atom. The molecule has 0 spiro atoms. The zero-order valence-electron chi connectivity index (χ0n) is 5.68. The van der Waals surface area contributed by atoms with Crippen molar-refractivity contribution in [3.8, 4) is 0 Å². The summed E-state index contributed by atoms with van der Waals surface area (Å²) in [6.45, 7) is 5.88. The fourth-order valence-corrected chi connectivity index (χ4v) is 0.238. The maximum absolute atomic E-state index is 3.80. The van der Waals surface area contributed by atoms with Gasteiger partial charge in [0.2, 0.25) is 0 Å². The van der Waals surface area contributed by atoms with E-state index in [1.54, 1.807) is 6.21 Å². The van der Waals surface area contributed by atoms with Crippen LogP contribution in [-0.2, 0) is 0 Å². The Kier molecular flexibility index (Phi) is 4.13. The summed E-state index contributed by atoms with van der Waals surface area (Å²) < 4.78 is 0. The van der Waals surface area contributed by atoms with Crippen LogP contribution in [-0.4, -0.2) is 11.9 Å². The van der Waals surface area contributed by atoms with Gasteiger partial charge in [-0.1, -0.05) is 6.92 Å². The van der Waals surface area contributed by atoms with Crippen LogP contribution in [0, 0.1) is 0 Å². The fourth-order valence-electron chi connectivity index (χ4n) is 0.238. The van der Waals surface area contributed by atoms with Gasteiger partial charge in [0.25, 0.3) is 0 Å². The molecule has 0 saturated carbocycles. The predicted octanol–water partition coefficient (Wildman–Crippen LogP) is 1.86. The van der Waals surface area contributed by atoms with Gasteiger partial charge in [-0.3, -0.25) is 0 Å². The number of hydrogen-bond donors (Lipinski definition) is 0. The molecule has 0 aliphatic carbocycles. The van der Waals surface area contributed by atoms with Crippen molar-refractivity contribution in [2.45, 2.75) is 27.2 Å². The summed E-state index contributed by atoms with van der Waals surface area (Å²) in [4.78, 5) is 0. The SMILES string of the molecule is CCC=NN=C(C)C. The molecule has 0 aromatic heterocycles. The van der Waals surface area contributed by atoms with Crippen LogP contribution in [0.3, 0.4) is 0 Å². The van der Waals surface area contributed by atoms with Crippen LogP contribution < -0.4 is 0 Å². The molecular weight excluding hydrogens is 100 g/mol. The lowest BCUT2D eigenvalue weighted by atomic mass is 10.5. The van der Waals surface area contributed by atoms with Crippen molar-refractivity contribution < 1.29 is 0 Å². The van der Waals surface area contributed by atoms with E-state index >= 15 is 0 Å². The fraction of sp³-hybridized carbons (Fsp3) is 0.667. The monoisotopic (exact) mass is 112 g/mol. The second-order valence-electron chi connectivity index (χ2n) is 1.75. The largest absolute Gasteiger partial charge is 0.164 e. The highest BCUT2D eigenvalue weighted by molar-refractivity contribution is 5.79. The van der Waals surface area contributed by atoms with E-state index in [1.807, 2.05) is 20.8 Å². The molecule has 0 aromatic carbocycles. The van der Waals surface area contributed by atoms with Gasteiger partial charge in [0.1, 0.15) is 0 Å². The molecule has 2 heteroatoms. The Morgan fingerprint density at radius 2 is 2.12 bits per heavy atom. The summed E-state index contributed by atoms with van der Waals surface area (Å²) in [7, 11) is 0. The minimum absolute atomic E-state index is 0.955. The summed E-state index contributed by atoms with van der Waals surface area (Å²) >= 11 is 0. The number of rotatable bonds is 2. The minimum atomic E-state index is 0.955. The summed E-state index contributed by atoms with van der Waals surface area (Å²) in [6, 6.07) is 0. The number of hydrogen-bond acceptors (Lipinski definition) is 2. The molecule has 0 N–H and O–H groups in total. The van der Waals surface area contributed by atoms with Crippen LogP contribution in [0.15, 0.2) is 10.2 Å². The average Bonchev–Trinajstić information content (AvgIpc) is 1.66. The second-order valence-corrected chi connectivity index (χ2v) is 1.75. The summed E-state index contributed by atoms with van der Waals surface area (Å²) in [5.74, 6) is 0. The maximum atomic E-state index is 3.80. The van der Waals surface area contributed by atoms with Crippen LogP contribution in [0.4, 0.5) is 0 Å². The summed E-state index contributed by atoms with van der Waals surface area (Å²) in [6.07, 6.45) is 2.74. The van der Waals surface area contributed by atoms with Gasteiger partial charge in [-0.15, -0.1) is 0 Å². The van der Waals surface area contributed by atoms with Gasteiger partial charge in [-0.05, 0) is 20.3 Å². The standard InChI is InChI=1S/C6H12N2/c1-4-5-7-8-6(2)3/h5H,4H2,1-3H3. The molecule has 8 heavy (non-hydrogen) atoms. The van der Waals surface area contributed by atoms with Crippen molar-refractivity contribution in [1.82, 2.24) is 0 Å². The molecule has 0 amide bonds. The highest BCUT2D eigenvalue weighted by Crippen LogP contribution is 1.76. The zero-order chi connectivity index (χ0) is 6.41. The molecule has 0 aliphatic heterocycles. The van der Waals surface area contributed by atoms with Gasteiger partial charge >= 0.3 is 0 Å². The van der Waals surface area contributed by atoms with E-state index in [1.165, 1.54) is 0 Å². The van der Waals surface area contributed by atoms with Crippen molar-refractivity contribution in [3.05, 3.63) is 0 Å². The molecule has 0 heterocycles. The third kappa shape index (κ3) is 5.34. The van der Waals surface area contributed by atoms with Crippen molar-refractivity contribution in [1.29, 1.82) is 0 Å². The van der Waals surface area contributed by atoms with E-state index in [2.05, 4.69) is 10.2 Å². The Hall–Kier alpha value is -0.660. The van der Waals surface area contributed by atoms with Crippen LogP contribution in [0.2, 0.25) is 0 Å². The first kappa shape index (κ1) is 7.34. The minimum Gasteiger partial charge on any atom is -0.164 e.